The van der Waals surface area contributed by atoms with Crippen molar-refractivity contribution in [3.63, 3.8) is 0 Å². The number of hydrazine groups is 1. The Bertz CT molecular complexity index is 660. The summed E-state index contributed by atoms with van der Waals surface area (Å²) in [5.74, 6) is 2.79. The van der Waals surface area contributed by atoms with E-state index >= 15 is 0 Å². The number of hydrogen-bond donors (Lipinski definition) is 3. The number of nitrogens with one attached hydrogen (secondary N) is 1. The predicted octanol–water partition coefficient (Wildman–Crippen LogP) is 4.06. The van der Waals surface area contributed by atoms with Crippen molar-refractivity contribution in [2.24, 2.45) is 17.5 Å². The lowest BCUT2D eigenvalue weighted by Gasteiger charge is -2.22. The second-order valence-corrected chi connectivity index (χ2v) is 6.20. The first-order chi connectivity index (χ1) is 13.8. The first-order valence-corrected chi connectivity index (χ1v) is 9.59. The van der Waals surface area contributed by atoms with Crippen LogP contribution in [-0.4, -0.2) is 30.7 Å². The molecule has 5 N–H and O–H groups in total. The fraction of sp³-hybridized carbons (Fsp3) is 0.476. The molecule has 0 aromatic rings. The average molecular weight is 412 g/mol. The average Bonchev–Trinajstić information content (AvgIpc) is 2.73. The number of nitrogens with two attached hydrogens (primary N) is 2. The molecule has 0 aromatic carbocycles. The Morgan fingerprint density at radius 1 is 1.48 bits per heavy atom. The van der Waals surface area contributed by atoms with Crippen LogP contribution < -0.4 is 16.9 Å². The summed E-state index contributed by atoms with van der Waals surface area (Å²) < 4.78 is 37.9. The van der Waals surface area contributed by atoms with E-state index in [4.69, 9.17) is 16.8 Å². The highest BCUT2D eigenvalue weighted by Crippen LogP contribution is 2.21. The van der Waals surface area contributed by atoms with Crippen molar-refractivity contribution in [3.8, 4) is 6.07 Å². The zero-order valence-corrected chi connectivity index (χ0v) is 17.2. The zero-order chi connectivity index (χ0) is 22.3. The molecule has 1 unspecified atom stereocenters. The first kappa shape index (κ1) is 26.3. The third-order valence-electron chi connectivity index (χ3n) is 4.01. The second-order valence-electron chi connectivity index (χ2n) is 6.20. The van der Waals surface area contributed by atoms with Gasteiger partial charge in [-0.1, -0.05) is 32.6 Å². The smallest absolute Gasteiger partial charge is 0.276 e. The minimum Gasteiger partial charge on any atom is -0.397 e. The Hall–Kier alpha value is -2.66. The molecule has 0 saturated heterocycles. The van der Waals surface area contributed by atoms with Crippen molar-refractivity contribution >= 4 is 0 Å². The maximum absolute atomic E-state index is 12.9. The van der Waals surface area contributed by atoms with E-state index in [-0.39, 0.29) is 18.9 Å². The Morgan fingerprint density at radius 3 is 2.69 bits per heavy atom. The Kier molecular flexibility index (Phi) is 13.0. The van der Waals surface area contributed by atoms with Crippen LogP contribution in [0.3, 0.4) is 0 Å². The topological polar surface area (TPSA) is 91.1 Å². The molecular weight excluding hydrogens is 379 g/mol. The van der Waals surface area contributed by atoms with Gasteiger partial charge in [-0.05, 0) is 43.2 Å². The van der Waals surface area contributed by atoms with E-state index in [9.17, 15) is 13.2 Å². The van der Waals surface area contributed by atoms with Gasteiger partial charge in [0, 0.05) is 25.1 Å². The second kappa shape index (κ2) is 14.4. The highest BCUT2D eigenvalue weighted by Gasteiger charge is 2.28. The van der Waals surface area contributed by atoms with Crippen molar-refractivity contribution in [1.29, 1.82) is 5.26 Å². The lowest BCUT2D eigenvalue weighted by atomic mass is 9.97. The van der Waals surface area contributed by atoms with Crippen LogP contribution in [0.1, 0.15) is 33.1 Å². The molecule has 0 bridgehead atoms. The number of hydrogen-bond acceptors (Lipinski definition) is 5. The van der Waals surface area contributed by atoms with E-state index in [0.717, 1.165) is 6.42 Å². The quantitative estimate of drug-likeness (QED) is 0.271. The summed E-state index contributed by atoms with van der Waals surface area (Å²) in [6.45, 7) is 6.72. The van der Waals surface area contributed by atoms with Gasteiger partial charge in [0.1, 0.15) is 0 Å². The molecule has 0 amide bonds. The lowest BCUT2D eigenvalue weighted by molar-refractivity contribution is -0.0327. The summed E-state index contributed by atoms with van der Waals surface area (Å²) in [5.41, 5.74) is 7.35. The summed E-state index contributed by atoms with van der Waals surface area (Å²) in [5, 5.41) is 13.1. The highest BCUT2D eigenvalue weighted by atomic mass is 19.3. The number of allylic oxidation sites excluding steroid dienone is 5. The summed E-state index contributed by atoms with van der Waals surface area (Å²) in [6, 6.07) is 2.09. The van der Waals surface area contributed by atoms with Gasteiger partial charge in [-0.25, -0.2) is 19.0 Å². The van der Waals surface area contributed by atoms with Crippen molar-refractivity contribution in [1.82, 2.24) is 10.3 Å². The van der Waals surface area contributed by atoms with Gasteiger partial charge in [-0.2, -0.15) is 5.26 Å². The number of nitrogens with zero attached hydrogens (tertiary/aromatic N) is 2. The van der Waals surface area contributed by atoms with E-state index in [1.807, 2.05) is 26.0 Å². The molecular formula is C21H32F3N5. The van der Waals surface area contributed by atoms with Gasteiger partial charge in [0.25, 0.3) is 5.92 Å². The molecule has 0 radical (unpaired) electrons. The summed E-state index contributed by atoms with van der Waals surface area (Å²) in [7, 11) is 0. The molecule has 29 heavy (non-hydrogen) atoms. The molecule has 1 atom stereocenters. The molecule has 5 nitrogen and oxygen atoms in total. The number of nitriles is 1. The SMILES string of the molecule is C=C/C(=C(N)\C=C\NCC1C=CC(C#N)=CC1)N(N)CCCC(F)(F)CF.CC. The van der Waals surface area contributed by atoms with Crippen LogP contribution in [0, 0.1) is 17.2 Å². The van der Waals surface area contributed by atoms with E-state index in [2.05, 4.69) is 18.0 Å². The van der Waals surface area contributed by atoms with Gasteiger partial charge in [-0.3, -0.25) is 0 Å². The third-order valence-corrected chi connectivity index (χ3v) is 4.01. The van der Waals surface area contributed by atoms with Crippen LogP contribution in [0.25, 0.3) is 0 Å². The number of alkyl halides is 3. The monoisotopic (exact) mass is 411 g/mol. The zero-order valence-electron chi connectivity index (χ0n) is 17.2. The maximum atomic E-state index is 12.9. The fourth-order valence-electron chi connectivity index (χ4n) is 2.45. The minimum atomic E-state index is -3.33. The molecule has 0 spiro atoms. The Labute approximate surface area is 171 Å². The van der Waals surface area contributed by atoms with E-state index in [1.54, 1.807) is 18.4 Å². The molecule has 0 aromatic heterocycles. The standard InChI is InChI=1S/C19H26F3N5.C2H6/c1-2-18(27(25)11-3-9-19(21,22)14-20)17(24)8-10-26-13-16-6-4-15(12-23)5-7-16;1-2/h2,4-6,8,10,16,26H,1,3,7,9,11,13-14,24-25H2;1-2H3/b10-8+,18-17-;. The molecule has 1 rings (SSSR count). The lowest BCUT2D eigenvalue weighted by Crippen LogP contribution is -2.33. The highest BCUT2D eigenvalue weighted by molar-refractivity contribution is 5.35. The van der Waals surface area contributed by atoms with Crippen LogP contribution in [0.2, 0.25) is 0 Å². The first-order valence-electron chi connectivity index (χ1n) is 9.59. The summed E-state index contributed by atoms with van der Waals surface area (Å²) >= 11 is 0. The molecule has 8 heteroatoms. The summed E-state index contributed by atoms with van der Waals surface area (Å²) in [6.07, 6.45) is 10.6. The van der Waals surface area contributed by atoms with Crippen LogP contribution in [0.5, 0.6) is 0 Å². The molecule has 162 valence electrons. The van der Waals surface area contributed by atoms with Gasteiger partial charge in [0.2, 0.25) is 0 Å². The maximum Gasteiger partial charge on any atom is 0.276 e. The van der Waals surface area contributed by atoms with Gasteiger partial charge in [0.05, 0.1) is 17.5 Å². The number of rotatable bonds is 11. The van der Waals surface area contributed by atoms with Crippen molar-refractivity contribution in [2.75, 3.05) is 19.8 Å². The molecule has 0 aliphatic heterocycles. The van der Waals surface area contributed by atoms with Gasteiger partial charge in [-0.15, -0.1) is 0 Å². The minimum absolute atomic E-state index is 0.0201. The van der Waals surface area contributed by atoms with Crippen molar-refractivity contribution in [3.05, 3.63) is 60.1 Å². The number of halogens is 3. The largest absolute Gasteiger partial charge is 0.397 e. The van der Waals surface area contributed by atoms with E-state index in [1.165, 1.54) is 11.1 Å². The van der Waals surface area contributed by atoms with Crippen molar-refractivity contribution < 1.29 is 13.2 Å². The molecule has 0 saturated carbocycles. The van der Waals surface area contributed by atoms with Crippen LogP contribution in [0.15, 0.2) is 60.1 Å². The Balaban J connectivity index is 0.00000379. The van der Waals surface area contributed by atoms with E-state index < -0.39 is 19.0 Å². The van der Waals surface area contributed by atoms with Gasteiger partial charge in [0.15, 0.2) is 6.67 Å². The fourth-order valence-corrected chi connectivity index (χ4v) is 2.45. The summed E-state index contributed by atoms with van der Waals surface area (Å²) in [4.78, 5) is 0. The normalized spacial score (nSPS) is 16.9. The molecule has 0 heterocycles. The van der Waals surface area contributed by atoms with Crippen LogP contribution in [0.4, 0.5) is 13.2 Å². The van der Waals surface area contributed by atoms with Crippen LogP contribution >= 0.6 is 0 Å². The van der Waals surface area contributed by atoms with Gasteiger partial charge >= 0.3 is 0 Å². The predicted molar refractivity (Wildman–Crippen MR) is 112 cm³/mol. The van der Waals surface area contributed by atoms with E-state index in [0.29, 0.717) is 23.5 Å². The van der Waals surface area contributed by atoms with Crippen LogP contribution in [-0.2, 0) is 0 Å². The van der Waals surface area contributed by atoms with Crippen molar-refractivity contribution in [2.45, 2.75) is 39.0 Å². The molecule has 1 aliphatic carbocycles. The molecule has 1 aliphatic rings. The Morgan fingerprint density at radius 2 is 2.17 bits per heavy atom. The third kappa shape index (κ3) is 10.5. The molecule has 0 fully saturated rings. The van der Waals surface area contributed by atoms with Gasteiger partial charge < -0.3 is 16.1 Å².